The Balaban J connectivity index is 1.66. The number of benzene rings is 3. The molecule has 1 aromatic heterocycles. The largest absolute Gasteiger partial charge is 0.487 e. The molecule has 0 aliphatic rings. The number of rotatable bonds is 6. The van der Waals surface area contributed by atoms with Crippen molar-refractivity contribution in [2.24, 2.45) is 0 Å². The number of carbonyl (C=O) groups is 1. The number of para-hydroxylation sites is 2. The summed E-state index contributed by atoms with van der Waals surface area (Å²) in [5.41, 5.74) is 2.18. The normalized spacial score (nSPS) is 10.7. The number of nitrogens with one attached hydrogen (secondary N) is 1. The topological polar surface area (TPSA) is 94.4 Å². The van der Waals surface area contributed by atoms with Crippen molar-refractivity contribution in [3.05, 3.63) is 82.4 Å². The van der Waals surface area contributed by atoms with Gasteiger partial charge in [-0.2, -0.15) is 0 Å². The fourth-order valence-corrected chi connectivity index (χ4v) is 4.04. The molecule has 1 N–H and O–H groups in total. The smallest absolute Gasteiger partial charge is 0.311 e. The number of thiazole rings is 1. The molecule has 0 fully saturated rings. The van der Waals surface area contributed by atoms with E-state index in [2.05, 4.69) is 10.3 Å². The van der Waals surface area contributed by atoms with Crippen molar-refractivity contribution in [2.45, 2.75) is 6.92 Å². The zero-order valence-electron chi connectivity index (χ0n) is 16.0. The number of nitrogens with zero attached hydrogens (tertiary/aromatic N) is 2. The van der Waals surface area contributed by atoms with E-state index in [0.29, 0.717) is 12.3 Å². The highest BCUT2D eigenvalue weighted by Crippen LogP contribution is 2.35. The highest BCUT2D eigenvalue weighted by molar-refractivity contribution is 7.21. The van der Waals surface area contributed by atoms with E-state index in [1.807, 2.05) is 42.5 Å². The van der Waals surface area contributed by atoms with Crippen molar-refractivity contribution < 1.29 is 14.5 Å². The van der Waals surface area contributed by atoms with Crippen LogP contribution in [0.2, 0.25) is 0 Å². The molecule has 0 saturated carbocycles. The van der Waals surface area contributed by atoms with Gasteiger partial charge in [0, 0.05) is 17.2 Å². The van der Waals surface area contributed by atoms with Gasteiger partial charge in [-0.25, -0.2) is 4.98 Å². The molecule has 0 aliphatic carbocycles. The van der Waals surface area contributed by atoms with Gasteiger partial charge in [0.15, 0.2) is 5.75 Å². The molecule has 0 aliphatic heterocycles. The third-order valence-electron chi connectivity index (χ3n) is 4.42. The van der Waals surface area contributed by atoms with Gasteiger partial charge >= 0.3 is 5.69 Å². The van der Waals surface area contributed by atoms with Crippen molar-refractivity contribution in [1.29, 1.82) is 0 Å². The molecule has 0 unspecified atom stereocenters. The lowest BCUT2D eigenvalue weighted by atomic mass is 10.1. The summed E-state index contributed by atoms with van der Waals surface area (Å²) in [4.78, 5) is 28.3. The number of fused-ring (bicyclic) bond motifs is 1. The second kappa shape index (κ2) is 8.30. The molecular formula is C22H17N3O4S. The summed E-state index contributed by atoms with van der Waals surface area (Å²) in [6.07, 6.45) is 0. The summed E-state index contributed by atoms with van der Waals surface area (Å²) in [7, 11) is 0. The van der Waals surface area contributed by atoms with Crippen molar-refractivity contribution >= 4 is 38.8 Å². The summed E-state index contributed by atoms with van der Waals surface area (Å²) in [5.74, 6) is -0.316. The van der Waals surface area contributed by atoms with Gasteiger partial charge in [-0.15, -0.1) is 11.3 Å². The first-order valence-electron chi connectivity index (χ1n) is 9.24. The number of nitro groups is 1. The third-order valence-corrected chi connectivity index (χ3v) is 5.49. The van der Waals surface area contributed by atoms with Gasteiger partial charge in [-0.1, -0.05) is 24.3 Å². The minimum Gasteiger partial charge on any atom is -0.487 e. The Labute approximate surface area is 176 Å². The van der Waals surface area contributed by atoms with Crippen LogP contribution in [0.15, 0.2) is 66.7 Å². The molecule has 7 nitrogen and oxygen atoms in total. The molecule has 150 valence electrons. The second-order valence-electron chi connectivity index (χ2n) is 6.36. The zero-order valence-corrected chi connectivity index (χ0v) is 16.8. The molecule has 8 heteroatoms. The molecule has 0 saturated heterocycles. The first-order chi connectivity index (χ1) is 14.6. The molecule has 30 heavy (non-hydrogen) atoms. The maximum Gasteiger partial charge on any atom is 0.311 e. The lowest BCUT2D eigenvalue weighted by Crippen LogP contribution is -2.13. The van der Waals surface area contributed by atoms with Gasteiger partial charge in [0.25, 0.3) is 5.91 Å². The van der Waals surface area contributed by atoms with E-state index >= 15 is 0 Å². The first-order valence-corrected chi connectivity index (χ1v) is 10.1. The molecule has 4 rings (SSSR count). The summed E-state index contributed by atoms with van der Waals surface area (Å²) >= 11 is 1.53. The fourth-order valence-electron chi connectivity index (χ4n) is 3.04. The highest BCUT2D eigenvalue weighted by atomic mass is 32.1. The summed E-state index contributed by atoms with van der Waals surface area (Å²) in [6, 6.07) is 19.3. The van der Waals surface area contributed by atoms with E-state index < -0.39 is 10.8 Å². The molecule has 4 aromatic rings. The molecule has 0 spiro atoms. The zero-order chi connectivity index (χ0) is 21.1. The van der Waals surface area contributed by atoms with Crippen LogP contribution in [0.4, 0.5) is 11.4 Å². The number of aromatic nitrogens is 1. The molecule has 0 atom stereocenters. The Morgan fingerprint density at radius 2 is 1.90 bits per heavy atom. The molecule has 3 aromatic carbocycles. The van der Waals surface area contributed by atoms with Crippen LogP contribution < -0.4 is 10.1 Å². The van der Waals surface area contributed by atoms with E-state index in [0.717, 1.165) is 20.8 Å². The lowest BCUT2D eigenvalue weighted by molar-refractivity contribution is -0.385. The number of hydrogen-bond donors (Lipinski definition) is 1. The minimum absolute atomic E-state index is 0.133. The Morgan fingerprint density at radius 3 is 2.67 bits per heavy atom. The quantitative estimate of drug-likeness (QED) is 0.328. The monoisotopic (exact) mass is 419 g/mol. The average Bonchev–Trinajstić information content (AvgIpc) is 3.18. The van der Waals surface area contributed by atoms with E-state index in [1.54, 1.807) is 13.0 Å². The van der Waals surface area contributed by atoms with Crippen molar-refractivity contribution in [3.63, 3.8) is 0 Å². The van der Waals surface area contributed by atoms with Gasteiger partial charge in [0.2, 0.25) is 0 Å². The van der Waals surface area contributed by atoms with Crippen LogP contribution in [-0.4, -0.2) is 22.4 Å². The van der Waals surface area contributed by atoms with Crippen LogP contribution in [0, 0.1) is 10.1 Å². The molecule has 0 bridgehead atoms. The van der Waals surface area contributed by atoms with Gasteiger partial charge in [0.1, 0.15) is 5.01 Å². The molecule has 0 radical (unpaired) electrons. The van der Waals surface area contributed by atoms with Crippen LogP contribution in [0.25, 0.3) is 20.8 Å². The van der Waals surface area contributed by atoms with Gasteiger partial charge in [0.05, 0.1) is 27.4 Å². The second-order valence-corrected chi connectivity index (χ2v) is 7.39. The van der Waals surface area contributed by atoms with Gasteiger partial charge < -0.3 is 10.1 Å². The highest BCUT2D eigenvalue weighted by Gasteiger charge is 2.20. The third kappa shape index (κ3) is 3.85. The summed E-state index contributed by atoms with van der Waals surface area (Å²) < 4.78 is 6.33. The number of anilines is 1. The number of amides is 1. The minimum atomic E-state index is -0.559. The van der Waals surface area contributed by atoms with Gasteiger partial charge in [-0.05, 0) is 43.3 Å². The summed E-state index contributed by atoms with van der Waals surface area (Å²) in [6.45, 7) is 2.03. The number of nitro benzene ring substituents is 1. The van der Waals surface area contributed by atoms with Crippen LogP contribution >= 0.6 is 11.3 Å². The van der Waals surface area contributed by atoms with E-state index in [1.165, 1.54) is 29.5 Å². The number of hydrogen-bond acceptors (Lipinski definition) is 6. The average molecular weight is 419 g/mol. The number of carbonyl (C=O) groups excluding carboxylic acids is 1. The van der Waals surface area contributed by atoms with Crippen LogP contribution in [0.3, 0.4) is 0 Å². The predicted octanol–water partition coefficient (Wildman–Crippen LogP) is 5.52. The lowest BCUT2D eigenvalue weighted by Gasteiger charge is -2.10. The molecular weight excluding hydrogens is 402 g/mol. The number of ether oxygens (including phenoxy) is 1. The van der Waals surface area contributed by atoms with E-state index in [4.69, 9.17) is 4.74 Å². The van der Waals surface area contributed by atoms with Crippen molar-refractivity contribution in [3.8, 4) is 16.3 Å². The van der Waals surface area contributed by atoms with Crippen molar-refractivity contribution in [2.75, 3.05) is 11.9 Å². The first kappa shape index (κ1) is 19.5. The van der Waals surface area contributed by atoms with Crippen molar-refractivity contribution in [1.82, 2.24) is 4.98 Å². The van der Waals surface area contributed by atoms with E-state index in [9.17, 15) is 14.9 Å². The molecule has 1 amide bonds. The standard InChI is InChI=1S/C22H17N3O4S/c1-2-29-19-12-11-14(13-18(19)25(27)28)21(26)23-16-8-4-3-7-15(16)22-24-17-9-5-6-10-20(17)30-22/h3-13H,2H2,1H3,(H,23,26). The Kier molecular flexibility index (Phi) is 5.40. The van der Waals surface area contributed by atoms with E-state index in [-0.39, 0.29) is 17.0 Å². The van der Waals surface area contributed by atoms with Crippen LogP contribution in [-0.2, 0) is 0 Å². The Bertz CT molecular complexity index is 1220. The van der Waals surface area contributed by atoms with Crippen LogP contribution in [0.1, 0.15) is 17.3 Å². The Hall–Kier alpha value is -3.78. The van der Waals surface area contributed by atoms with Gasteiger partial charge in [-0.3, -0.25) is 14.9 Å². The Morgan fingerprint density at radius 1 is 1.13 bits per heavy atom. The molecule has 1 heterocycles. The fraction of sp³-hybridized carbons (Fsp3) is 0.0909. The summed E-state index contributed by atoms with van der Waals surface area (Å²) in [5, 5.41) is 15.0. The SMILES string of the molecule is CCOc1ccc(C(=O)Nc2ccccc2-c2nc3ccccc3s2)cc1[N+](=O)[O-]. The maximum absolute atomic E-state index is 12.8. The maximum atomic E-state index is 12.8. The predicted molar refractivity (Wildman–Crippen MR) is 117 cm³/mol. The van der Waals surface area contributed by atoms with Crippen LogP contribution in [0.5, 0.6) is 5.75 Å².